The Bertz CT molecular complexity index is 1000. The third-order valence-electron chi connectivity index (χ3n) is 4.34. The van der Waals surface area contributed by atoms with Crippen LogP contribution in [-0.4, -0.2) is 36.3 Å². The van der Waals surface area contributed by atoms with E-state index in [0.717, 1.165) is 0 Å². The molecule has 4 amide bonds. The summed E-state index contributed by atoms with van der Waals surface area (Å²) in [6.07, 6.45) is -0.245. The first kappa shape index (κ1) is 17.5. The first-order valence-corrected chi connectivity index (χ1v) is 8.57. The second kappa shape index (κ2) is 7.03. The average Bonchev–Trinajstić information content (AvgIpc) is 2.78. The van der Waals surface area contributed by atoms with Crippen molar-refractivity contribution in [2.24, 2.45) is 0 Å². The number of para-hydroxylation sites is 1. The van der Waals surface area contributed by atoms with Gasteiger partial charge in [-0.2, -0.15) is 0 Å². The number of hydrogen-bond donors (Lipinski definition) is 4. The molecule has 0 aliphatic carbocycles. The molecule has 2 aliphatic rings. The number of ether oxygens (including phenoxy) is 1. The summed E-state index contributed by atoms with van der Waals surface area (Å²) >= 11 is 0. The van der Waals surface area contributed by atoms with E-state index >= 15 is 0 Å². The summed E-state index contributed by atoms with van der Waals surface area (Å²) in [5.74, 6) is -1.14. The molecule has 9 nitrogen and oxygen atoms in total. The van der Waals surface area contributed by atoms with E-state index in [-0.39, 0.29) is 18.9 Å². The molecule has 0 radical (unpaired) electrons. The Kier molecular flexibility index (Phi) is 4.40. The van der Waals surface area contributed by atoms with Crippen molar-refractivity contribution in [3.05, 3.63) is 48.0 Å². The maximum atomic E-state index is 12.4. The largest absolute Gasteiger partial charge is 0.482 e. The smallest absolute Gasteiger partial charge is 0.262 e. The van der Waals surface area contributed by atoms with Gasteiger partial charge < -0.3 is 26.0 Å². The van der Waals surface area contributed by atoms with Crippen molar-refractivity contribution in [2.75, 3.05) is 22.6 Å². The van der Waals surface area contributed by atoms with Gasteiger partial charge in [-0.1, -0.05) is 12.1 Å². The summed E-state index contributed by atoms with van der Waals surface area (Å²) in [6, 6.07) is 10.4. The molecule has 9 heteroatoms. The number of anilines is 3. The normalized spacial score (nSPS) is 17.7. The maximum Gasteiger partial charge on any atom is 0.262 e. The lowest BCUT2D eigenvalue weighted by Crippen LogP contribution is -2.43. The van der Waals surface area contributed by atoms with Gasteiger partial charge in [0.05, 0.1) is 23.4 Å². The van der Waals surface area contributed by atoms with Gasteiger partial charge in [-0.3, -0.25) is 19.2 Å². The van der Waals surface area contributed by atoms with Gasteiger partial charge in [0.15, 0.2) is 6.61 Å². The van der Waals surface area contributed by atoms with Crippen LogP contribution in [0.4, 0.5) is 17.1 Å². The van der Waals surface area contributed by atoms with Crippen LogP contribution in [0.2, 0.25) is 0 Å². The van der Waals surface area contributed by atoms with Gasteiger partial charge in [-0.15, -0.1) is 0 Å². The van der Waals surface area contributed by atoms with Crippen LogP contribution in [-0.2, 0) is 14.4 Å². The minimum atomic E-state index is -1.01. The number of fused-ring (bicyclic) bond motifs is 2. The molecule has 142 valence electrons. The van der Waals surface area contributed by atoms with Crippen LogP contribution >= 0.6 is 0 Å². The lowest BCUT2D eigenvalue weighted by Gasteiger charge is -2.19. The van der Waals surface area contributed by atoms with Crippen molar-refractivity contribution >= 4 is 40.7 Å². The Balaban J connectivity index is 1.44. The fourth-order valence-electron chi connectivity index (χ4n) is 3.01. The molecule has 0 spiro atoms. The third kappa shape index (κ3) is 3.50. The minimum absolute atomic E-state index is 0.0580. The first-order chi connectivity index (χ1) is 13.5. The Hall–Kier alpha value is -3.88. The Labute approximate surface area is 159 Å². The summed E-state index contributed by atoms with van der Waals surface area (Å²) < 4.78 is 5.26. The SMILES string of the molecule is O=C(C[C@@H]1NC(=O)c2ccccc2NC1=O)Nc1ccc2c(c1)NC(=O)CO2. The second-order valence-corrected chi connectivity index (χ2v) is 6.36. The molecule has 2 aromatic rings. The minimum Gasteiger partial charge on any atom is -0.482 e. The monoisotopic (exact) mass is 380 g/mol. The molecular weight excluding hydrogens is 364 g/mol. The van der Waals surface area contributed by atoms with Gasteiger partial charge in [0.1, 0.15) is 11.8 Å². The Morgan fingerprint density at radius 2 is 1.89 bits per heavy atom. The Morgan fingerprint density at radius 3 is 2.75 bits per heavy atom. The van der Waals surface area contributed by atoms with E-state index in [2.05, 4.69) is 21.3 Å². The quantitative estimate of drug-likeness (QED) is 0.634. The van der Waals surface area contributed by atoms with E-state index in [4.69, 9.17) is 4.74 Å². The summed E-state index contributed by atoms with van der Waals surface area (Å²) in [5, 5.41) is 10.5. The van der Waals surface area contributed by atoms with Gasteiger partial charge in [0.25, 0.3) is 11.8 Å². The van der Waals surface area contributed by atoms with Crippen molar-refractivity contribution in [3.63, 3.8) is 0 Å². The molecule has 0 fully saturated rings. The average molecular weight is 380 g/mol. The van der Waals surface area contributed by atoms with E-state index in [9.17, 15) is 19.2 Å². The van der Waals surface area contributed by atoms with Gasteiger partial charge in [-0.05, 0) is 30.3 Å². The summed E-state index contributed by atoms with van der Waals surface area (Å²) in [7, 11) is 0. The van der Waals surface area contributed by atoms with Crippen LogP contribution < -0.4 is 26.0 Å². The molecule has 2 aromatic carbocycles. The van der Waals surface area contributed by atoms with Crippen LogP contribution in [0.25, 0.3) is 0 Å². The number of benzene rings is 2. The van der Waals surface area contributed by atoms with Crippen molar-refractivity contribution < 1.29 is 23.9 Å². The molecule has 0 bridgehead atoms. The van der Waals surface area contributed by atoms with E-state index in [1.54, 1.807) is 42.5 Å². The topological polar surface area (TPSA) is 126 Å². The molecule has 1 atom stereocenters. The molecule has 0 unspecified atom stereocenters. The van der Waals surface area contributed by atoms with Crippen LogP contribution in [0.5, 0.6) is 5.75 Å². The summed E-state index contributed by atoms with van der Waals surface area (Å²) in [4.78, 5) is 48.5. The van der Waals surface area contributed by atoms with Gasteiger partial charge in [0, 0.05) is 5.69 Å². The highest BCUT2D eigenvalue weighted by Crippen LogP contribution is 2.30. The third-order valence-corrected chi connectivity index (χ3v) is 4.34. The van der Waals surface area contributed by atoms with Crippen LogP contribution in [0, 0.1) is 0 Å². The number of carbonyl (C=O) groups is 4. The predicted octanol–water partition coefficient (Wildman–Crippen LogP) is 1.10. The Morgan fingerprint density at radius 1 is 1.07 bits per heavy atom. The summed E-state index contributed by atoms with van der Waals surface area (Å²) in [6.45, 7) is -0.0580. The number of carbonyl (C=O) groups excluding carboxylic acids is 4. The summed E-state index contributed by atoms with van der Waals surface area (Å²) in [5.41, 5.74) is 1.62. The number of amides is 4. The molecule has 4 N–H and O–H groups in total. The molecule has 2 aliphatic heterocycles. The van der Waals surface area contributed by atoms with Crippen molar-refractivity contribution in [3.8, 4) is 5.75 Å². The van der Waals surface area contributed by atoms with Gasteiger partial charge >= 0.3 is 0 Å². The van der Waals surface area contributed by atoms with E-state index in [1.165, 1.54) is 0 Å². The number of hydrogen-bond acceptors (Lipinski definition) is 5. The van der Waals surface area contributed by atoms with Crippen molar-refractivity contribution in [1.29, 1.82) is 0 Å². The highest BCUT2D eigenvalue weighted by molar-refractivity contribution is 6.11. The van der Waals surface area contributed by atoms with Gasteiger partial charge in [0.2, 0.25) is 11.8 Å². The molecule has 0 saturated heterocycles. The van der Waals surface area contributed by atoms with Crippen LogP contribution in [0.3, 0.4) is 0 Å². The molecular formula is C19H16N4O5. The molecule has 28 heavy (non-hydrogen) atoms. The highest BCUT2D eigenvalue weighted by Gasteiger charge is 2.29. The standard InChI is InChI=1S/C19H16N4O5/c24-16(20-10-5-6-15-13(7-10)21-17(25)9-28-15)8-14-19(27)22-12-4-2-1-3-11(12)18(26)23-14/h1-7,14H,8-9H2,(H,20,24)(H,21,25)(H,22,27)(H,23,26)/t14-/m0/s1. The molecule has 2 heterocycles. The van der Waals surface area contributed by atoms with Gasteiger partial charge in [-0.25, -0.2) is 0 Å². The zero-order valence-corrected chi connectivity index (χ0v) is 14.6. The van der Waals surface area contributed by atoms with E-state index in [1.807, 2.05) is 0 Å². The highest BCUT2D eigenvalue weighted by atomic mass is 16.5. The molecule has 0 saturated carbocycles. The molecule has 0 aromatic heterocycles. The van der Waals surface area contributed by atoms with Crippen molar-refractivity contribution in [1.82, 2.24) is 5.32 Å². The van der Waals surface area contributed by atoms with Crippen molar-refractivity contribution in [2.45, 2.75) is 12.5 Å². The molecule has 4 rings (SSSR count). The lowest BCUT2D eigenvalue weighted by molar-refractivity contribution is -0.122. The zero-order chi connectivity index (χ0) is 19.7. The second-order valence-electron chi connectivity index (χ2n) is 6.36. The maximum absolute atomic E-state index is 12.4. The fourth-order valence-corrected chi connectivity index (χ4v) is 3.01. The van der Waals surface area contributed by atoms with E-state index < -0.39 is 23.8 Å². The number of nitrogens with one attached hydrogen (secondary N) is 4. The first-order valence-electron chi connectivity index (χ1n) is 8.57. The predicted molar refractivity (Wildman–Crippen MR) is 100 cm³/mol. The van der Waals surface area contributed by atoms with E-state index in [0.29, 0.717) is 28.4 Å². The fraction of sp³-hybridized carbons (Fsp3) is 0.158. The van der Waals surface area contributed by atoms with Crippen LogP contribution in [0.1, 0.15) is 16.8 Å². The zero-order valence-electron chi connectivity index (χ0n) is 14.6. The lowest BCUT2D eigenvalue weighted by atomic mass is 10.1. The number of rotatable bonds is 3. The van der Waals surface area contributed by atoms with Crippen LogP contribution in [0.15, 0.2) is 42.5 Å².